The molecule has 0 saturated carbocycles. The highest BCUT2D eigenvalue weighted by Gasteiger charge is 2.13. The molecule has 2 N–H and O–H groups in total. The SMILES string of the molecule is CC.[CH2-][NH+]1CCC(NC)CC1. The fraction of sp³-hybridized carbons (Fsp3) is 0.889. The van der Waals surface area contributed by atoms with E-state index in [2.05, 4.69) is 12.4 Å². The van der Waals surface area contributed by atoms with E-state index in [1.807, 2.05) is 20.9 Å². The molecular weight excluding hydrogens is 136 g/mol. The largest absolute Gasteiger partial charge is 0.468 e. The van der Waals surface area contributed by atoms with Crippen molar-refractivity contribution in [2.24, 2.45) is 0 Å². The van der Waals surface area contributed by atoms with Crippen LogP contribution in [0, 0.1) is 7.05 Å². The Hall–Kier alpha value is -0.0800. The summed E-state index contributed by atoms with van der Waals surface area (Å²) < 4.78 is 0. The number of likely N-dealkylation sites (tertiary alicyclic amines) is 1. The summed E-state index contributed by atoms with van der Waals surface area (Å²) in [6.45, 7) is 6.46. The first-order valence-corrected chi connectivity index (χ1v) is 4.67. The summed E-state index contributed by atoms with van der Waals surface area (Å²) in [6.07, 6.45) is 2.57. The molecule has 1 fully saturated rings. The predicted molar refractivity (Wildman–Crippen MR) is 49.5 cm³/mol. The van der Waals surface area contributed by atoms with Gasteiger partial charge in [-0.25, -0.2) is 0 Å². The van der Waals surface area contributed by atoms with Crippen LogP contribution in [0.4, 0.5) is 0 Å². The van der Waals surface area contributed by atoms with E-state index < -0.39 is 0 Å². The third-order valence-corrected chi connectivity index (χ3v) is 2.10. The first-order valence-electron chi connectivity index (χ1n) is 4.67. The van der Waals surface area contributed by atoms with E-state index >= 15 is 0 Å². The summed E-state index contributed by atoms with van der Waals surface area (Å²) in [6, 6.07) is 0.760. The Balaban J connectivity index is 0.000000461. The number of piperidine rings is 1. The van der Waals surface area contributed by atoms with Gasteiger partial charge < -0.3 is 10.2 Å². The van der Waals surface area contributed by atoms with Gasteiger partial charge >= 0.3 is 0 Å². The molecule has 2 nitrogen and oxygen atoms in total. The van der Waals surface area contributed by atoms with E-state index in [1.54, 1.807) is 0 Å². The smallest absolute Gasteiger partial charge is 0.0545 e. The molecule has 1 rings (SSSR count). The lowest BCUT2D eigenvalue weighted by atomic mass is 10.1. The Labute approximate surface area is 71.0 Å². The normalized spacial score (nSPS) is 30.5. The molecule has 0 amide bonds. The van der Waals surface area contributed by atoms with E-state index in [0.29, 0.717) is 0 Å². The Morgan fingerprint density at radius 1 is 1.27 bits per heavy atom. The lowest BCUT2D eigenvalue weighted by Gasteiger charge is -2.30. The third-order valence-electron chi connectivity index (χ3n) is 2.10. The van der Waals surface area contributed by atoms with E-state index in [1.165, 1.54) is 30.8 Å². The number of nitrogens with one attached hydrogen (secondary N) is 2. The molecule has 1 heterocycles. The molecule has 0 bridgehead atoms. The van der Waals surface area contributed by atoms with Crippen LogP contribution in [0.3, 0.4) is 0 Å². The molecule has 0 aromatic carbocycles. The maximum absolute atomic E-state index is 3.96. The molecule has 2 heteroatoms. The van der Waals surface area contributed by atoms with E-state index in [-0.39, 0.29) is 0 Å². The molecular formula is C9H22N2. The minimum atomic E-state index is 0.760. The second-order valence-corrected chi connectivity index (χ2v) is 2.81. The minimum Gasteiger partial charge on any atom is -0.468 e. The maximum atomic E-state index is 3.96. The van der Waals surface area contributed by atoms with Gasteiger partial charge in [-0.15, -0.1) is 0 Å². The summed E-state index contributed by atoms with van der Waals surface area (Å²) in [5.74, 6) is 0. The van der Waals surface area contributed by atoms with Gasteiger partial charge in [0.1, 0.15) is 0 Å². The number of hydrogen-bond acceptors (Lipinski definition) is 1. The Morgan fingerprint density at radius 2 is 1.73 bits per heavy atom. The monoisotopic (exact) mass is 158 g/mol. The van der Waals surface area contributed by atoms with Crippen LogP contribution < -0.4 is 10.2 Å². The molecule has 68 valence electrons. The Kier molecular flexibility index (Phi) is 6.57. The van der Waals surface area contributed by atoms with Gasteiger partial charge in [-0.1, -0.05) is 13.8 Å². The van der Waals surface area contributed by atoms with Crippen molar-refractivity contribution in [1.29, 1.82) is 0 Å². The molecule has 0 aromatic heterocycles. The summed E-state index contributed by atoms with van der Waals surface area (Å²) in [7, 11) is 6.00. The lowest BCUT2D eigenvalue weighted by molar-refractivity contribution is -0.859. The molecule has 0 unspecified atom stereocenters. The molecule has 11 heavy (non-hydrogen) atoms. The molecule has 0 spiro atoms. The van der Waals surface area contributed by atoms with Crippen molar-refractivity contribution in [3.8, 4) is 0 Å². The van der Waals surface area contributed by atoms with Gasteiger partial charge in [0.15, 0.2) is 0 Å². The van der Waals surface area contributed by atoms with E-state index in [0.717, 1.165) is 6.04 Å². The van der Waals surface area contributed by atoms with E-state index in [9.17, 15) is 0 Å². The fourth-order valence-electron chi connectivity index (χ4n) is 1.31. The summed E-state index contributed by atoms with van der Waals surface area (Å²) >= 11 is 0. The van der Waals surface area contributed by atoms with Crippen molar-refractivity contribution in [2.45, 2.75) is 32.7 Å². The van der Waals surface area contributed by atoms with Gasteiger partial charge in [0.2, 0.25) is 0 Å². The van der Waals surface area contributed by atoms with Crippen LogP contribution in [-0.4, -0.2) is 26.2 Å². The highest BCUT2D eigenvalue weighted by molar-refractivity contribution is 4.65. The fourth-order valence-corrected chi connectivity index (χ4v) is 1.31. The van der Waals surface area contributed by atoms with Gasteiger partial charge in [-0.3, -0.25) is 0 Å². The zero-order chi connectivity index (χ0) is 8.69. The molecule has 0 aromatic rings. The first-order chi connectivity index (χ1) is 5.33. The second-order valence-electron chi connectivity index (χ2n) is 2.81. The first kappa shape index (κ1) is 10.9. The van der Waals surface area contributed by atoms with Crippen molar-refractivity contribution in [3.63, 3.8) is 0 Å². The standard InChI is InChI=1S/C7H16N2.C2H6/c1-8-7-3-5-9(2)6-4-7;1-2/h7-9H,2-6H2,1H3;1-2H3. The van der Waals surface area contributed by atoms with Crippen LogP contribution >= 0.6 is 0 Å². The van der Waals surface area contributed by atoms with Crippen molar-refractivity contribution >= 4 is 0 Å². The van der Waals surface area contributed by atoms with Crippen LogP contribution in [0.5, 0.6) is 0 Å². The van der Waals surface area contributed by atoms with Crippen molar-refractivity contribution in [1.82, 2.24) is 5.32 Å². The van der Waals surface area contributed by atoms with E-state index in [4.69, 9.17) is 0 Å². The molecule has 0 aliphatic carbocycles. The van der Waals surface area contributed by atoms with Crippen molar-refractivity contribution in [3.05, 3.63) is 7.05 Å². The van der Waals surface area contributed by atoms with Gasteiger partial charge in [0, 0.05) is 18.9 Å². The predicted octanol–water partition coefficient (Wildman–Crippen LogP) is 0.0709. The van der Waals surface area contributed by atoms with Crippen LogP contribution in [-0.2, 0) is 0 Å². The quantitative estimate of drug-likeness (QED) is 0.516. The van der Waals surface area contributed by atoms with Crippen molar-refractivity contribution < 1.29 is 4.90 Å². The summed E-state index contributed by atoms with van der Waals surface area (Å²) in [5.41, 5.74) is 0. The highest BCUT2D eigenvalue weighted by atomic mass is 15.1. The van der Waals surface area contributed by atoms with Crippen LogP contribution in [0.1, 0.15) is 26.7 Å². The maximum Gasteiger partial charge on any atom is 0.0545 e. The zero-order valence-corrected chi connectivity index (χ0v) is 8.11. The van der Waals surface area contributed by atoms with Crippen LogP contribution in [0.25, 0.3) is 0 Å². The molecule has 1 aliphatic rings. The average Bonchev–Trinajstić information content (AvgIpc) is 2.10. The number of quaternary nitrogens is 1. The number of hydrogen-bond donors (Lipinski definition) is 2. The van der Waals surface area contributed by atoms with Crippen LogP contribution in [0.2, 0.25) is 0 Å². The average molecular weight is 158 g/mol. The zero-order valence-electron chi connectivity index (χ0n) is 8.11. The topological polar surface area (TPSA) is 16.5 Å². The summed E-state index contributed by atoms with van der Waals surface area (Å²) in [5, 5.41) is 3.28. The molecule has 0 radical (unpaired) electrons. The highest BCUT2D eigenvalue weighted by Crippen LogP contribution is 1.96. The third kappa shape index (κ3) is 4.38. The minimum absolute atomic E-state index is 0.760. The van der Waals surface area contributed by atoms with Gasteiger partial charge in [-0.05, 0) is 7.05 Å². The van der Waals surface area contributed by atoms with Gasteiger partial charge in [0.05, 0.1) is 13.1 Å². The summed E-state index contributed by atoms with van der Waals surface area (Å²) in [4.78, 5) is 1.43. The molecule has 0 atom stereocenters. The Bertz CT molecular complexity index is 75.6. The Morgan fingerprint density at radius 3 is 2.09 bits per heavy atom. The second kappa shape index (κ2) is 6.62. The van der Waals surface area contributed by atoms with Crippen LogP contribution in [0.15, 0.2) is 0 Å². The lowest BCUT2D eigenvalue weighted by Crippen LogP contribution is -3.08. The molecule has 1 saturated heterocycles. The van der Waals surface area contributed by atoms with Gasteiger partial charge in [-0.2, -0.15) is 7.05 Å². The number of rotatable bonds is 1. The van der Waals surface area contributed by atoms with Gasteiger partial charge in [0.25, 0.3) is 0 Å². The van der Waals surface area contributed by atoms with Crippen molar-refractivity contribution in [2.75, 3.05) is 20.1 Å². The molecule has 1 aliphatic heterocycles.